The quantitative estimate of drug-likeness (QED) is 0.269. The van der Waals surface area contributed by atoms with Crippen LogP contribution in [0.4, 0.5) is 9.18 Å². The number of aliphatic hydroxyl groups excluding tert-OH is 1. The van der Waals surface area contributed by atoms with Gasteiger partial charge < -0.3 is 20.3 Å². The van der Waals surface area contributed by atoms with Gasteiger partial charge in [0, 0.05) is 5.54 Å². The highest BCUT2D eigenvalue weighted by atomic mass is 19.1. The first-order valence-corrected chi connectivity index (χ1v) is 18.9. The number of rotatable bonds is 5. The Hall–Kier alpha value is -2.67. The van der Waals surface area contributed by atoms with Crippen LogP contribution < -0.4 is 5.32 Å². The summed E-state index contributed by atoms with van der Waals surface area (Å²) < 4.78 is 20.6. The van der Waals surface area contributed by atoms with Crippen molar-refractivity contribution >= 4 is 17.6 Å². The molecule has 4 fully saturated rings. The summed E-state index contributed by atoms with van der Waals surface area (Å²) in [6.45, 7) is 23.7. The highest BCUT2D eigenvalue weighted by molar-refractivity contribution is 5.88. The molecule has 1 amide bonds. The lowest BCUT2D eigenvalue weighted by atomic mass is 9.36. The lowest BCUT2D eigenvalue weighted by Crippen LogP contribution is -2.65. The largest absolute Gasteiger partial charge is 0.478 e. The Balaban J connectivity index is 0.00000230. The van der Waals surface area contributed by atoms with Gasteiger partial charge in [-0.3, -0.25) is 0 Å². The molecule has 0 spiro atoms. The van der Waals surface area contributed by atoms with Crippen LogP contribution >= 0.6 is 0 Å². The van der Waals surface area contributed by atoms with Crippen LogP contribution in [0, 0.1) is 57.6 Å². The summed E-state index contributed by atoms with van der Waals surface area (Å²) in [5.74, 6) is 0.396. The fraction of sp³-hybridized carbons (Fsp3) is 0.714. The van der Waals surface area contributed by atoms with Crippen LogP contribution in [0.2, 0.25) is 0 Å². The molecule has 1 aromatic carbocycles. The van der Waals surface area contributed by atoms with Crippen LogP contribution in [0.5, 0.6) is 0 Å². The van der Waals surface area contributed by atoms with Crippen molar-refractivity contribution < 1.29 is 28.9 Å². The number of carboxylic acids is 1. The van der Waals surface area contributed by atoms with Crippen LogP contribution in [-0.2, 0) is 4.74 Å². The van der Waals surface area contributed by atoms with E-state index in [1.165, 1.54) is 12.1 Å². The molecule has 4 unspecified atom stereocenters. The minimum absolute atomic E-state index is 0.0204. The first-order chi connectivity index (χ1) is 22.9. The monoisotopic (exact) mass is 679 g/mol. The number of hydrogen-bond acceptors (Lipinski definition) is 4. The van der Waals surface area contributed by atoms with Crippen molar-refractivity contribution in [2.75, 3.05) is 6.61 Å². The molecule has 9 atom stereocenters. The number of alkyl carbamates (subject to hydrolysis) is 1. The SMILES string of the molecule is C=C(CO)[C@@H]1CC[C@]2(NC(=O)OC(C)(C)C)CCC3[C@H](CCC4[C@@]3(C)CCC3C(C)(C)C(c5ccc(C(=O)O)c(F)c5)=CC[C@@]34C)C12.CC. The third-order valence-corrected chi connectivity index (χ3v) is 14.1. The Labute approximate surface area is 294 Å². The molecule has 272 valence electrons. The van der Waals surface area contributed by atoms with Crippen molar-refractivity contribution in [3.05, 3.63) is 53.4 Å². The van der Waals surface area contributed by atoms with Gasteiger partial charge >= 0.3 is 12.1 Å². The zero-order valence-electron chi connectivity index (χ0n) is 31.5. The number of aromatic carboxylic acids is 1. The van der Waals surface area contributed by atoms with Crippen molar-refractivity contribution in [2.24, 2.45) is 51.8 Å². The number of benzene rings is 1. The molecule has 5 aliphatic rings. The van der Waals surface area contributed by atoms with Gasteiger partial charge in [0.2, 0.25) is 0 Å². The van der Waals surface area contributed by atoms with Crippen molar-refractivity contribution in [2.45, 2.75) is 131 Å². The van der Waals surface area contributed by atoms with Crippen LogP contribution in [0.3, 0.4) is 0 Å². The number of ether oxygens (including phenoxy) is 1. The first-order valence-electron chi connectivity index (χ1n) is 18.9. The predicted molar refractivity (Wildman–Crippen MR) is 193 cm³/mol. The van der Waals surface area contributed by atoms with Gasteiger partial charge in [-0.25, -0.2) is 14.0 Å². The van der Waals surface area contributed by atoms with Crippen LogP contribution in [-0.4, -0.2) is 40.0 Å². The summed E-state index contributed by atoms with van der Waals surface area (Å²) in [6.07, 6.45) is 11.2. The van der Waals surface area contributed by atoms with E-state index in [-0.39, 0.29) is 51.9 Å². The second-order valence-electron chi connectivity index (χ2n) is 17.9. The molecule has 6 rings (SSSR count). The van der Waals surface area contributed by atoms with Gasteiger partial charge in [0.1, 0.15) is 11.4 Å². The molecule has 5 aliphatic carbocycles. The van der Waals surface area contributed by atoms with Gasteiger partial charge in [0.25, 0.3) is 0 Å². The van der Waals surface area contributed by atoms with Crippen molar-refractivity contribution in [1.82, 2.24) is 5.32 Å². The predicted octanol–water partition coefficient (Wildman–Crippen LogP) is 10.1. The number of fused-ring (bicyclic) bond motifs is 7. The molecule has 0 bridgehead atoms. The maximum absolute atomic E-state index is 14.9. The minimum Gasteiger partial charge on any atom is -0.478 e. The smallest absolute Gasteiger partial charge is 0.408 e. The molecule has 0 aromatic heterocycles. The lowest BCUT2D eigenvalue weighted by molar-refractivity contribution is -0.174. The lowest BCUT2D eigenvalue weighted by Gasteiger charge is -2.68. The van der Waals surface area contributed by atoms with E-state index in [4.69, 9.17) is 4.74 Å². The maximum atomic E-state index is 14.9. The van der Waals surface area contributed by atoms with E-state index in [1.54, 1.807) is 6.07 Å². The minimum atomic E-state index is -1.24. The third kappa shape index (κ3) is 6.18. The van der Waals surface area contributed by atoms with Crippen LogP contribution in [0.1, 0.15) is 136 Å². The highest BCUT2D eigenvalue weighted by Gasteiger charge is 2.67. The zero-order chi connectivity index (χ0) is 36.3. The molecule has 49 heavy (non-hydrogen) atoms. The number of nitrogens with one attached hydrogen (secondary N) is 1. The summed E-state index contributed by atoms with van der Waals surface area (Å²) in [6, 6.07) is 4.59. The van der Waals surface area contributed by atoms with Gasteiger partial charge in [0.15, 0.2) is 0 Å². The number of carbonyl (C=O) groups is 2. The Morgan fingerprint density at radius 3 is 2.27 bits per heavy atom. The Morgan fingerprint density at radius 1 is 0.980 bits per heavy atom. The standard InChI is InChI=1S/C40H56FNO5.C2H6/c1-23(22-43)25-13-19-40(42-35(46)47-36(2,3)4)20-15-29-26(33(25)40)11-12-32-38(29,7)18-16-31-37(5,6)28(14-17-39(31,32)8)24-9-10-27(34(44)45)30(41)21-24;1-2/h9-10,14,21,25-26,29,31-33,43H,1,11-13,15-20,22H2,2-8H3,(H,42,46)(H,44,45);1-2H3/t25-,26-,29?,31?,32?,33?,38-,39-,40-;/m0./s1. The molecule has 3 N–H and O–H groups in total. The summed E-state index contributed by atoms with van der Waals surface area (Å²) in [4.78, 5) is 24.7. The topological polar surface area (TPSA) is 95.9 Å². The average molecular weight is 680 g/mol. The molecule has 0 aliphatic heterocycles. The number of amides is 1. The summed E-state index contributed by atoms with van der Waals surface area (Å²) in [7, 11) is 0. The number of aliphatic hydroxyl groups is 1. The van der Waals surface area contributed by atoms with Crippen molar-refractivity contribution in [1.29, 1.82) is 0 Å². The Kier molecular flexibility index (Phi) is 10.1. The number of carbonyl (C=O) groups excluding carboxylic acids is 1. The summed E-state index contributed by atoms with van der Waals surface area (Å²) in [5, 5.41) is 23.0. The van der Waals surface area contributed by atoms with Crippen LogP contribution in [0.25, 0.3) is 5.57 Å². The molecule has 0 heterocycles. The fourth-order valence-electron chi connectivity index (χ4n) is 12.5. The van der Waals surface area contributed by atoms with E-state index in [9.17, 15) is 24.2 Å². The van der Waals surface area contributed by atoms with E-state index in [0.29, 0.717) is 23.7 Å². The van der Waals surface area contributed by atoms with E-state index in [0.717, 1.165) is 74.5 Å². The second kappa shape index (κ2) is 13.1. The molecule has 6 nitrogen and oxygen atoms in total. The molecule has 0 saturated heterocycles. The number of halogens is 1. The van der Waals surface area contributed by atoms with E-state index in [1.807, 2.05) is 34.6 Å². The second-order valence-corrected chi connectivity index (χ2v) is 17.9. The summed E-state index contributed by atoms with van der Waals surface area (Å²) in [5.41, 5.74) is 1.64. The summed E-state index contributed by atoms with van der Waals surface area (Å²) >= 11 is 0. The fourth-order valence-corrected chi connectivity index (χ4v) is 12.5. The molecule has 1 aromatic rings. The van der Waals surface area contributed by atoms with E-state index >= 15 is 0 Å². The molecule has 4 saturated carbocycles. The molecule has 7 heteroatoms. The normalized spacial score (nSPS) is 37.5. The number of hydrogen-bond donors (Lipinski definition) is 3. The Bertz CT molecular complexity index is 1490. The van der Waals surface area contributed by atoms with Gasteiger partial charge in [0.05, 0.1) is 12.2 Å². The average Bonchev–Trinajstić information content (AvgIpc) is 3.39. The van der Waals surface area contributed by atoms with Crippen molar-refractivity contribution in [3.8, 4) is 0 Å². The zero-order valence-corrected chi connectivity index (χ0v) is 31.5. The number of carboxylic acid groups (broad SMARTS) is 1. The van der Waals surface area contributed by atoms with Gasteiger partial charge in [-0.15, -0.1) is 0 Å². The van der Waals surface area contributed by atoms with E-state index < -0.39 is 17.4 Å². The highest BCUT2D eigenvalue weighted by Crippen LogP contribution is 2.73. The van der Waals surface area contributed by atoms with Gasteiger partial charge in [-0.1, -0.05) is 60.3 Å². The van der Waals surface area contributed by atoms with Gasteiger partial charge in [-0.05, 0) is 159 Å². The first kappa shape index (κ1) is 37.6. The maximum Gasteiger partial charge on any atom is 0.408 e. The van der Waals surface area contributed by atoms with Gasteiger partial charge in [-0.2, -0.15) is 0 Å². The van der Waals surface area contributed by atoms with E-state index in [2.05, 4.69) is 45.7 Å². The van der Waals surface area contributed by atoms with Crippen LogP contribution in [0.15, 0.2) is 36.4 Å². The molecular weight excluding hydrogens is 617 g/mol. The molecule has 0 radical (unpaired) electrons. The third-order valence-electron chi connectivity index (χ3n) is 14.1. The Morgan fingerprint density at radius 2 is 1.65 bits per heavy atom. The van der Waals surface area contributed by atoms with Crippen molar-refractivity contribution in [3.63, 3.8) is 0 Å². The number of allylic oxidation sites excluding steroid dienone is 2. The molecular formula is C42H62FNO5.